The Kier molecular flexibility index (Phi) is 2.88. The molecule has 2 aromatic carbocycles. The van der Waals surface area contributed by atoms with Crippen molar-refractivity contribution in [2.45, 2.75) is 0 Å². The van der Waals surface area contributed by atoms with Gasteiger partial charge in [0.05, 0.1) is 16.1 Å². The normalized spacial score (nSPS) is 11.1. The number of rotatable bonds is 1. The fourth-order valence-corrected chi connectivity index (χ4v) is 2.68. The number of para-hydroxylation sites is 1. The average Bonchev–Trinajstić information content (AvgIpc) is 2.68. The molecule has 2 N–H and O–H groups in total. The molecule has 3 rings (SSSR count). The second-order valence-corrected chi connectivity index (χ2v) is 5.18. The number of benzene rings is 2. The molecule has 0 unspecified atom stereocenters. The van der Waals surface area contributed by atoms with Crippen molar-refractivity contribution in [2.24, 2.45) is 7.05 Å². The number of nitrogens with zero attached hydrogens (tertiary/aromatic N) is 2. The molecule has 0 saturated carbocycles. The number of fused-ring (bicyclic) bond motifs is 1. The predicted molar refractivity (Wildman–Crippen MR) is 80.6 cm³/mol. The Morgan fingerprint density at radius 2 is 1.95 bits per heavy atom. The lowest BCUT2D eigenvalue weighted by molar-refractivity contribution is 0.960. The van der Waals surface area contributed by atoms with Crippen LogP contribution in [0.5, 0.6) is 0 Å². The van der Waals surface area contributed by atoms with Gasteiger partial charge in [0.2, 0.25) is 0 Å². The van der Waals surface area contributed by atoms with E-state index in [9.17, 15) is 0 Å². The number of nitrogen functional groups attached to an aromatic ring is 1. The second-order valence-electron chi connectivity index (χ2n) is 4.33. The standard InChI is InChI=1S/C14H11Cl2N3/c1-19-13-10(16)3-2-4-12(13)18-14(19)9-6-5-8(15)7-11(9)17/h2-7H,17H2,1H3. The molecule has 1 aromatic heterocycles. The zero-order valence-corrected chi connectivity index (χ0v) is 11.7. The van der Waals surface area contributed by atoms with Gasteiger partial charge in [0.25, 0.3) is 0 Å². The lowest BCUT2D eigenvalue weighted by atomic mass is 10.1. The molecule has 0 radical (unpaired) electrons. The SMILES string of the molecule is Cn1c(-c2ccc(Cl)cc2N)nc2cccc(Cl)c21. The van der Waals surface area contributed by atoms with Gasteiger partial charge in [-0.15, -0.1) is 0 Å². The van der Waals surface area contributed by atoms with Crippen molar-refractivity contribution in [3.05, 3.63) is 46.4 Å². The number of aromatic nitrogens is 2. The van der Waals surface area contributed by atoms with Crippen LogP contribution in [-0.4, -0.2) is 9.55 Å². The Morgan fingerprint density at radius 3 is 2.63 bits per heavy atom. The smallest absolute Gasteiger partial charge is 0.142 e. The first kappa shape index (κ1) is 12.3. The average molecular weight is 292 g/mol. The van der Waals surface area contributed by atoms with Crippen LogP contribution in [0.2, 0.25) is 10.0 Å². The van der Waals surface area contributed by atoms with Crippen LogP contribution in [0.25, 0.3) is 22.4 Å². The predicted octanol–water partition coefficient (Wildman–Crippen LogP) is 4.13. The number of aryl methyl sites for hydroxylation is 1. The first-order valence-electron chi connectivity index (χ1n) is 5.74. The molecular weight excluding hydrogens is 281 g/mol. The van der Waals surface area contributed by atoms with Crippen LogP contribution in [0.4, 0.5) is 5.69 Å². The van der Waals surface area contributed by atoms with E-state index in [1.165, 1.54) is 0 Å². The van der Waals surface area contributed by atoms with Gasteiger partial charge in [-0.1, -0.05) is 29.3 Å². The first-order chi connectivity index (χ1) is 9.08. The summed E-state index contributed by atoms with van der Waals surface area (Å²) >= 11 is 12.1. The number of halogens is 2. The molecule has 0 aliphatic carbocycles. The van der Waals surface area contributed by atoms with Gasteiger partial charge in [-0.25, -0.2) is 4.98 Å². The van der Waals surface area contributed by atoms with Crippen LogP contribution in [0.15, 0.2) is 36.4 Å². The van der Waals surface area contributed by atoms with E-state index in [2.05, 4.69) is 4.98 Å². The molecule has 0 spiro atoms. The molecule has 3 aromatic rings. The highest BCUT2D eigenvalue weighted by Gasteiger charge is 2.14. The van der Waals surface area contributed by atoms with Crippen LogP contribution < -0.4 is 5.73 Å². The maximum atomic E-state index is 6.21. The largest absolute Gasteiger partial charge is 0.398 e. The molecule has 0 amide bonds. The zero-order valence-electron chi connectivity index (χ0n) is 10.2. The van der Waals surface area contributed by atoms with Gasteiger partial charge < -0.3 is 10.3 Å². The molecule has 0 aliphatic heterocycles. The van der Waals surface area contributed by atoms with Crippen LogP contribution in [0.1, 0.15) is 0 Å². The summed E-state index contributed by atoms with van der Waals surface area (Å²) < 4.78 is 1.94. The monoisotopic (exact) mass is 291 g/mol. The summed E-state index contributed by atoms with van der Waals surface area (Å²) in [6, 6.07) is 11.0. The van der Waals surface area contributed by atoms with Crippen LogP contribution >= 0.6 is 23.2 Å². The van der Waals surface area contributed by atoms with Gasteiger partial charge in [-0.2, -0.15) is 0 Å². The van der Waals surface area contributed by atoms with Crippen molar-refractivity contribution >= 4 is 39.9 Å². The van der Waals surface area contributed by atoms with Crippen molar-refractivity contribution in [2.75, 3.05) is 5.73 Å². The number of anilines is 1. The fraction of sp³-hybridized carbons (Fsp3) is 0.0714. The van der Waals surface area contributed by atoms with Gasteiger partial charge in [0, 0.05) is 23.3 Å². The summed E-state index contributed by atoms with van der Waals surface area (Å²) in [5, 5.41) is 1.28. The summed E-state index contributed by atoms with van der Waals surface area (Å²) in [5.74, 6) is 0.775. The third-order valence-corrected chi connectivity index (χ3v) is 3.64. The molecule has 0 atom stereocenters. The Labute approximate surface area is 120 Å². The van der Waals surface area contributed by atoms with Gasteiger partial charge in [-0.3, -0.25) is 0 Å². The Bertz CT molecular complexity index is 778. The first-order valence-corrected chi connectivity index (χ1v) is 6.50. The van der Waals surface area contributed by atoms with E-state index < -0.39 is 0 Å². The minimum Gasteiger partial charge on any atom is -0.398 e. The molecule has 0 bridgehead atoms. The van der Waals surface area contributed by atoms with Gasteiger partial charge >= 0.3 is 0 Å². The Balaban J connectivity index is 2.31. The molecular formula is C14H11Cl2N3. The summed E-state index contributed by atoms with van der Waals surface area (Å²) in [7, 11) is 1.92. The third kappa shape index (κ3) is 1.95. The highest BCUT2D eigenvalue weighted by atomic mass is 35.5. The molecule has 1 heterocycles. The van der Waals surface area contributed by atoms with Gasteiger partial charge in [0.1, 0.15) is 5.82 Å². The molecule has 3 nitrogen and oxygen atoms in total. The van der Waals surface area contributed by atoms with Crippen molar-refractivity contribution in [3.63, 3.8) is 0 Å². The summed E-state index contributed by atoms with van der Waals surface area (Å²) in [5.41, 5.74) is 9.20. The quantitative estimate of drug-likeness (QED) is 0.685. The Hall–Kier alpha value is -1.71. The topological polar surface area (TPSA) is 43.8 Å². The third-order valence-electron chi connectivity index (χ3n) is 3.10. The number of hydrogen-bond donors (Lipinski definition) is 1. The van der Waals surface area contributed by atoms with E-state index in [-0.39, 0.29) is 0 Å². The summed E-state index contributed by atoms with van der Waals surface area (Å²) in [6.07, 6.45) is 0. The van der Waals surface area contributed by atoms with Crippen LogP contribution in [-0.2, 0) is 7.05 Å². The van der Waals surface area contributed by atoms with Crippen molar-refractivity contribution in [3.8, 4) is 11.4 Å². The molecule has 0 fully saturated rings. The number of nitrogens with two attached hydrogens (primary N) is 1. The highest BCUT2D eigenvalue weighted by molar-refractivity contribution is 6.35. The van der Waals surface area contributed by atoms with E-state index >= 15 is 0 Å². The lowest BCUT2D eigenvalue weighted by Gasteiger charge is -2.06. The highest BCUT2D eigenvalue weighted by Crippen LogP contribution is 2.32. The van der Waals surface area contributed by atoms with Gasteiger partial charge in [-0.05, 0) is 30.3 Å². The lowest BCUT2D eigenvalue weighted by Crippen LogP contribution is -1.97. The Morgan fingerprint density at radius 1 is 1.16 bits per heavy atom. The molecule has 0 saturated heterocycles. The summed E-state index contributed by atoms with van der Waals surface area (Å²) in [4.78, 5) is 4.59. The second kappa shape index (κ2) is 4.44. The maximum absolute atomic E-state index is 6.21. The van der Waals surface area contributed by atoms with E-state index in [1.54, 1.807) is 12.1 Å². The molecule has 5 heteroatoms. The van der Waals surface area contributed by atoms with E-state index in [0.29, 0.717) is 15.7 Å². The van der Waals surface area contributed by atoms with Crippen molar-refractivity contribution in [1.82, 2.24) is 9.55 Å². The number of imidazole rings is 1. The molecule has 19 heavy (non-hydrogen) atoms. The van der Waals surface area contributed by atoms with E-state index in [4.69, 9.17) is 28.9 Å². The van der Waals surface area contributed by atoms with E-state index in [1.807, 2.05) is 35.9 Å². The minimum absolute atomic E-state index is 0.599. The molecule has 0 aliphatic rings. The number of hydrogen-bond acceptors (Lipinski definition) is 2. The zero-order chi connectivity index (χ0) is 13.6. The maximum Gasteiger partial charge on any atom is 0.142 e. The van der Waals surface area contributed by atoms with Gasteiger partial charge in [0.15, 0.2) is 0 Å². The van der Waals surface area contributed by atoms with Crippen molar-refractivity contribution in [1.29, 1.82) is 0 Å². The molecule has 96 valence electrons. The van der Waals surface area contributed by atoms with Crippen molar-refractivity contribution < 1.29 is 0 Å². The van der Waals surface area contributed by atoms with Crippen LogP contribution in [0.3, 0.4) is 0 Å². The summed E-state index contributed by atoms with van der Waals surface area (Å²) in [6.45, 7) is 0. The van der Waals surface area contributed by atoms with E-state index in [0.717, 1.165) is 22.4 Å². The van der Waals surface area contributed by atoms with Crippen LogP contribution in [0, 0.1) is 0 Å². The minimum atomic E-state index is 0.599. The fourth-order valence-electron chi connectivity index (χ4n) is 2.20.